The molecule has 1 saturated heterocycles. The minimum atomic E-state index is -3.71. The Kier molecular flexibility index (Phi) is 5.23. The first kappa shape index (κ1) is 17.6. The zero-order valence-electron chi connectivity index (χ0n) is 13.5. The highest BCUT2D eigenvalue weighted by molar-refractivity contribution is 7.89. The standard InChI is InChI=1S/C14H22N4O4S/c1-15-23(21,22)12-6-7-13(14(9-12)18(19)20)17-8-4-5-11(10-17)16(2)3/h6-7,9,11,15H,4-5,8,10H2,1-3H3/t11-/m0/s1. The zero-order chi connectivity index (χ0) is 17.2. The summed E-state index contributed by atoms with van der Waals surface area (Å²) in [5, 5.41) is 11.4. The summed E-state index contributed by atoms with van der Waals surface area (Å²) >= 11 is 0. The largest absolute Gasteiger partial charge is 0.364 e. The molecular formula is C14H22N4O4S. The number of nitro benzene ring substituents is 1. The molecular weight excluding hydrogens is 320 g/mol. The molecule has 0 amide bonds. The van der Waals surface area contributed by atoms with Crippen molar-refractivity contribution in [1.29, 1.82) is 0 Å². The summed E-state index contributed by atoms with van der Waals surface area (Å²) in [6.07, 6.45) is 1.99. The second kappa shape index (κ2) is 6.81. The molecule has 1 aromatic rings. The predicted molar refractivity (Wildman–Crippen MR) is 88.3 cm³/mol. The van der Waals surface area contributed by atoms with E-state index in [4.69, 9.17) is 0 Å². The SMILES string of the molecule is CNS(=O)(=O)c1ccc(N2CCC[C@H](N(C)C)C2)c([N+](=O)[O-])c1. The maximum absolute atomic E-state index is 11.9. The molecule has 1 aliphatic heterocycles. The lowest BCUT2D eigenvalue weighted by atomic mass is 10.0. The van der Waals surface area contributed by atoms with E-state index in [1.807, 2.05) is 19.0 Å². The van der Waals surface area contributed by atoms with Crippen LogP contribution in [0, 0.1) is 10.1 Å². The first-order valence-corrected chi connectivity index (χ1v) is 8.88. The molecule has 0 unspecified atom stereocenters. The van der Waals surface area contributed by atoms with Crippen LogP contribution in [0.2, 0.25) is 0 Å². The number of rotatable bonds is 5. The first-order chi connectivity index (χ1) is 10.8. The van der Waals surface area contributed by atoms with Crippen LogP contribution in [-0.2, 0) is 10.0 Å². The number of nitrogens with one attached hydrogen (secondary N) is 1. The van der Waals surface area contributed by atoms with Gasteiger partial charge in [0.15, 0.2) is 0 Å². The number of nitrogens with zero attached hydrogens (tertiary/aromatic N) is 3. The number of benzene rings is 1. The van der Waals surface area contributed by atoms with Gasteiger partial charge in [-0.25, -0.2) is 13.1 Å². The summed E-state index contributed by atoms with van der Waals surface area (Å²) in [7, 11) is 1.55. The molecule has 0 saturated carbocycles. The van der Waals surface area contributed by atoms with E-state index in [1.165, 1.54) is 19.2 Å². The number of anilines is 1. The molecule has 0 bridgehead atoms. The number of nitro groups is 1. The van der Waals surface area contributed by atoms with Crippen LogP contribution in [-0.4, -0.2) is 58.5 Å². The van der Waals surface area contributed by atoms with Crippen molar-refractivity contribution in [3.63, 3.8) is 0 Å². The highest BCUT2D eigenvalue weighted by Gasteiger charge is 2.28. The van der Waals surface area contributed by atoms with Gasteiger partial charge in [-0.1, -0.05) is 0 Å². The Balaban J connectivity index is 2.41. The van der Waals surface area contributed by atoms with Crippen LogP contribution in [0.3, 0.4) is 0 Å². The molecule has 0 aromatic heterocycles. The van der Waals surface area contributed by atoms with Crippen LogP contribution < -0.4 is 9.62 Å². The van der Waals surface area contributed by atoms with Gasteiger partial charge in [0.1, 0.15) is 5.69 Å². The van der Waals surface area contributed by atoms with Gasteiger partial charge in [-0.2, -0.15) is 0 Å². The molecule has 128 valence electrons. The average Bonchev–Trinajstić information content (AvgIpc) is 2.54. The van der Waals surface area contributed by atoms with Crippen molar-refractivity contribution < 1.29 is 13.3 Å². The minimum absolute atomic E-state index is 0.100. The van der Waals surface area contributed by atoms with Gasteiger partial charge in [0.25, 0.3) is 5.69 Å². The normalized spacial score (nSPS) is 19.1. The van der Waals surface area contributed by atoms with E-state index in [0.29, 0.717) is 18.3 Å². The lowest BCUT2D eigenvalue weighted by Crippen LogP contribution is -2.45. The van der Waals surface area contributed by atoms with Crippen molar-refractivity contribution in [2.45, 2.75) is 23.8 Å². The molecule has 2 rings (SSSR count). The summed E-state index contributed by atoms with van der Waals surface area (Å²) in [5.74, 6) is 0. The molecule has 1 heterocycles. The fourth-order valence-corrected chi connectivity index (χ4v) is 3.55. The minimum Gasteiger partial charge on any atom is -0.364 e. The number of likely N-dealkylation sites (N-methyl/N-ethyl adjacent to an activating group) is 1. The molecule has 0 aliphatic carbocycles. The summed E-state index contributed by atoms with van der Waals surface area (Å²) in [6.45, 7) is 1.41. The molecule has 1 aromatic carbocycles. The molecule has 9 heteroatoms. The first-order valence-electron chi connectivity index (χ1n) is 7.39. The van der Waals surface area contributed by atoms with Gasteiger partial charge < -0.3 is 9.80 Å². The summed E-state index contributed by atoms with van der Waals surface area (Å²) in [4.78, 5) is 14.8. The third-order valence-corrected chi connectivity index (χ3v) is 5.60. The van der Waals surface area contributed by atoms with Gasteiger partial charge in [0.05, 0.1) is 9.82 Å². The van der Waals surface area contributed by atoms with E-state index < -0.39 is 14.9 Å². The van der Waals surface area contributed by atoms with E-state index in [2.05, 4.69) is 9.62 Å². The topological polar surface area (TPSA) is 95.8 Å². The van der Waals surface area contributed by atoms with Crippen LogP contribution in [0.1, 0.15) is 12.8 Å². The Morgan fingerprint density at radius 1 is 1.39 bits per heavy atom. The van der Waals surface area contributed by atoms with Gasteiger partial charge in [-0.15, -0.1) is 0 Å². The third-order valence-electron chi connectivity index (χ3n) is 4.19. The second-order valence-corrected chi connectivity index (χ2v) is 7.71. The van der Waals surface area contributed by atoms with Crippen molar-refractivity contribution in [1.82, 2.24) is 9.62 Å². The van der Waals surface area contributed by atoms with Gasteiger partial charge in [-0.05, 0) is 46.1 Å². The van der Waals surface area contributed by atoms with E-state index in [1.54, 1.807) is 0 Å². The summed E-state index contributed by atoms with van der Waals surface area (Å²) < 4.78 is 25.9. The predicted octanol–water partition coefficient (Wildman–Crippen LogP) is 1.03. The second-order valence-electron chi connectivity index (χ2n) is 5.82. The third kappa shape index (κ3) is 3.80. The van der Waals surface area contributed by atoms with Crippen LogP contribution in [0.4, 0.5) is 11.4 Å². The monoisotopic (exact) mass is 342 g/mol. The number of piperidine rings is 1. The van der Waals surface area contributed by atoms with Gasteiger partial charge in [0, 0.05) is 25.2 Å². The van der Waals surface area contributed by atoms with E-state index in [0.717, 1.165) is 25.5 Å². The maximum Gasteiger partial charge on any atom is 0.293 e. The molecule has 23 heavy (non-hydrogen) atoms. The highest BCUT2D eigenvalue weighted by Crippen LogP contribution is 2.33. The fourth-order valence-electron chi connectivity index (χ4n) is 2.80. The molecule has 1 fully saturated rings. The van der Waals surface area contributed by atoms with Crippen molar-refractivity contribution in [3.8, 4) is 0 Å². The number of hydrogen-bond donors (Lipinski definition) is 1. The van der Waals surface area contributed by atoms with Gasteiger partial charge in [-0.3, -0.25) is 10.1 Å². The number of sulfonamides is 1. The maximum atomic E-state index is 11.9. The van der Waals surface area contributed by atoms with E-state index in [9.17, 15) is 18.5 Å². The Hall–Kier alpha value is -1.71. The van der Waals surface area contributed by atoms with Crippen molar-refractivity contribution >= 4 is 21.4 Å². The molecule has 1 atom stereocenters. The Bertz CT molecular complexity index is 690. The Labute approximate surface area is 136 Å². The highest BCUT2D eigenvalue weighted by atomic mass is 32.2. The van der Waals surface area contributed by atoms with Gasteiger partial charge >= 0.3 is 0 Å². The molecule has 8 nitrogen and oxygen atoms in total. The summed E-state index contributed by atoms with van der Waals surface area (Å²) in [6, 6.07) is 4.39. The Morgan fingerprint density at radius 2 is 2.09 bits per heavy atom. The Morgan fingerprint density at radius 3 is 2.65 bits per heavy atom. The van der Waals surface area contributed by atoms with Crippen molar-refractivity contribution in [2.75, 3.05) is 39.1 Å². The van der Waals surface area contributed by atoms with Crippen molar-refractivity contribution in [3.05, 3.63) is 28.3 Å². The molecule has 0 radical (unpaired) electrons. The lowest BCUT2D eigenvalue weighted by molar-refractivity contribution is -0.384. The van der Waals surface area contributed by atoms with Crippen LogP contribution in [0.15, 0.2) is 23.1 Å². The van der Waals surface area contributed by atoms with Gasteiger partial charge in [0.2, 0.25) is 10.0 Å². The summed E-state index contributed by atoms with van der Waals surface area (Å²) in [5.41, 5.74) is 0.289. The average molecular weight is 342 g/mol. The fraction of sp³-hybridized carbons (Fsp3) is 0.571. The van der Waals surface area contributed by atoms with Crippen LogP contribution >= 0.6 is 0 Å². The van der Waals surface area contributed by atoms with Crippen LogP contribution in [0.25, 0.3) is 0 Å². The lowest BCUT2D eigenvalue weighted by Gasteiger charge is -2.37. The smallest absolute Gasteiger partial charge is 0.293 e. The van der Waals surface area contributed by atoms with E-state index in [-0.39, 0.29) is 10.6 Å². The quantitative estimate of drug-likeness (QED) is 0.634. The van der Waals surface area contributed by atoms with Crippen LogP contribution in [0.5, 0.6) is 0 Å². The van der Waals surface area contributed by atoms with E-state index >= 15 is 0 Å². The molecule has 0 spiro atoms. The zero-order valence-corrected chi connectivity index (χ0v) is 14.3. The van der Waals surface area contributed by atoms with Crippen molar-refractivity contribution in [2.24, 2.45) is 0 Å². The number of hydrogen-bond acceptors (Lipinski definition) is 6. The molecule has 1 aliphatic rings. The molecule has 1 N–H and O–H groups in total.